The van der Waals surface area contributed by atoms with Crippen molar-refractivity contribution in [1.29, 1.82) is 0 Å². The molecule has 0 saturated heterocycles. The van der Waals surface area contributed by atoms with Gasteiger partial charge in [-0.05, 0) is 128 Å². The van der Waals surface area contributed by atoms with Crippen molar-refractivity contribution in [3.8, 4) is 50.2 Å². The number of fused-ring (bicyclic) bond motifs is 6. The Balaban J connectivity index is 1.05. The van der Waals surface area contributed by atoms with E-state index < -0.39 is 0 Å². The summed E-state index contributed by atoms with van der Waals surface area (Å²) in [5, 5.41) is 2.48. The van der Waals surface area contributed by atoms with E-state index in [0.717, 1.165) is 22.7 Å². The zero-order chi connectivity index (χ0) is 39.5. The average molecular weight is 755 g/mol. The minimum atomic E-state index is -0.0553. The number of anilines is 3. The van der Waals surface area contributed by atoms with Crippen molar-refractivity contribution in [2.24, 2.45) is 0 Å². The molecule has 1 aliphatic carbocycles. The zero-order valence-corrected chi connectivity index (χ0v) is 33.2. The fraction of sp³-hybridized carbons (Fsp3) is 0.0526. The number of rotatable bonds is 7. The Morgan fingerprint density at radius 2 is 0.763 bits per heavy atom. The van der Waals surface area contributed by atoms with Crippen molar-refractivity contribution >= 4 is 38.9 Å². The van der Waals surface area contributed by atoms with Crippen molar-refractivity contribution in [3.63, 3.8) is 0 Å². The molecule has 2 heteroatoms. The molecule has 1 heterocycles. The first-order chi connectivity index (χ1) is 29.0. The summed E-state index contributed by atoms with van der Waals surface area (Å²) in [5.41, 5.74) is 19.4. The van der Waals surface area contributed by atoms with E-state index >= 15 is 0 Å². The first-order valence-corrected chi connectivity index (χ1v) is 20.5. The lowest BCUT2D eigenvalue weighted by Crippen LogP contribution is -2.15. The van der Waals surface area contributed by atoms with Crippen LogP contribution >= 0.6 is 0 Å². The molecule has 0 amide bonds. The van der Waals surface area contributed by atoms with E-state index in [-0.39, 0.29) is 5.41 Å². The highest BCUT2D eigenvalue weighted by atomic mass is 15.1. The second kappa shape index (κ2) is 13.9. The number of benzene rings is 9. The molecule has 0 bridgehead atoms. The van der Waals surface area contributed by atoms with Crippen LogP contribution in [0.25, 0.3) is 72.0 Å². The van der Waals surface area contributed by atoms with Crippen LogP contribution in [-0.4, -0.2) is 4.57 Å². The molecular weight excluding hydrogens is 713 g/mol. The lowest BCUT2D eigenvalue weighted by molar-refractivity contribution is 0.660. The zero-order valence-electron chi connectivity index (χ0n) is 33.2. The number of hydrogen-bond acceptors (Lipinski definition) is 1. The van der Waals surface area contributed by atoms with Crippen molar-refractivity contribution < 1.29 is 0 Å². The van der Waals surface area contributed by atoms with Crippen LogP contribution in [0.1, 0.15) is 25.0 Å². The van der Waals surface area contributed by atoms with Crippen molar-refractivity contribution in [1.82, 2.24) is 4.57 Å². The molecule has 0 radical (unpaired) electrons. The molecule has 0 N–H and O–H groups in total. The Morgan fingerprint density at radius 1 is 0.339 bits per heavy atom. The highest BCUT2D eigenvalue weighted by Gasteiger charge is 2.35. The van der Waals surface area contributed by atoms with Gasteiger partial charge in [-0.25, -0.2) is 0 Å². The smallest absolute Gasteiger partial charge is 0.0541 e. The fourth-order valence-corrected chi connectivity index (χ4v) is 9.40. The predicted molar refractivity (Wildman–Crippen MR) is 249 cm³/mol. The van der Waals surface area contributed by atoms with E-state index in [9.17, 15) is 0 Å². The molecule has 59 heavy (non-hydrogen) atoms. The third-order valence-electron chi connectivity index (χ3n) is 12.4. The van der Waals surface area contributed by atoms with E-state index in [1.54, 1.807) is 0 Å². The van der Waals surface area contributed by atoms with Crippen molar-refractivity contribution in [3.05, 3.63) is 230 Å². The fourth-order valence-electron chi connectivity index (χ4n) is 9.40. The van der Waals surface area contributed by atoms with Gasteiger partial charge in [0.1, 0.15) is 0 Å². The van der Waals surface area contributed by atoms with Crippen LogP contribution in [0, 0.1) is 0 Å². The molecule has 2 nitrogen and oxygen atoms in total. The van der Waals surface area contributed by atoms with Gasteiger partial charge in [0.2, 0.25) is 0 Å². The minimum absolute atomic E-state index is 0.0553. The molecule has 0 fully saturated rings. The maximum Gasteiger partial charge on any atom is 0.0541 e. The van der Waals surface area contributed by atoms with Crippen LogP contribution in [0.3, 0.4) is 0 Å². The third-order valence-corrected chi connectivity index (χ3v) is 12.4. The second-order valence-electron chi connectivity index (χ2n) is 16.2. The molecule has 0 aliphatic heterocycles. The van der Waals surface area contributed by atoms with E-state index in [0.29, 0.717) is 0 Å². The summed E-state index contributed by atoms with van der Waals surface area (Å²) in [4.78, 5) is 2.40. The summed E-state index contributed by atoms with van der Waals surface area (Å²) in [7, 11) is 0. The molecule has 1 aromatic heterocycles. The standard InChI is InChI=1S/C57H42N2/c1-57(2)53-21-13-12-20-49(53)50-38-48(32-33-54(50)57)58(45-26-22-42(23-27-45)39-14-6-3-7-15-39)46-28-30-47(31-29-46)59-55-34-24-43(40-16-8-4-9-17-40)36-51(55)52-37-44(25-35-56(52)59)41-18-10-5-11-19-41/h3-38H,1-2H3. The third kappa shape index (κ3) is 5.87. The number of hydrogen-bond donors (Lipinski definition) is 0. The summed E-state index contributed by atoms with van der Waals surface area (Å²) in [6, 6.07) is 79.8. The summed E-state index contributed by atoms with van der Waals surface area (Å²) in [6.07, 6.45) is 0. The molecule has 0 spiro atoms. The van der Waals surface area contributed by atoms with E-state index in [4.69, 9.17) is 0 Å². The van der Waals surface area contributed by atoms with Crippen LogP contribution in [-0.2, 0) is 5.41 Å². The number of nitrogens with zero attached hydrogens (tertiary/aromatic N) is 2. The maximum atomic E-state index is 2.42. The summed E-state index contributed by atoms with van der Waals surface area (Å²) >= 11 is 0. The first kappa shape index (κ1) is 34.8. The van der Waals surface area contributed by atoms with Crippen LogP contribution in [0.5, 0.6) is 0 Å². The molecule has 10 aromatic rings. The maximum absolute atomic E-state index is 2.42. The SMILES string of the molecule is CC1(C)c2ccccc2-c2cc(N(c3ccc(-c4ccccc4)cc3)c3ccc(-n4c5ccc(-c6ccccc6)cc5c5cc(-c6ccccc6)ccc54)cc3)ccc21. The van der Waals surface area contributed by atoms with E-state index in [1.807, 2.05) is 0 Å². The molecule has 9 aromatic carbocycles. The van der Waals surface area contributed by atoms with Crippen molar-refractivity contribution in [2.45, 2.75) is 19.3 Å². The van der Waals surface area contributed by atoms with Gasteiger partial charge in [0.15, 0.2) is 0 Å². The quantitative estimate of drug-likeness (QED) is 0.157. The Morgan fingerprint density at radius 3 is 1.32 bits per heavy atom. The van der Waals surface area contributed by atoms with Gasteiger partial charge in [0.05, 0.1) is 11.0 Å². The molecule has 1 aliphatic rings. The van der Waals surface area contributed by atoms with Gasteiger partial charge < -0.3 is 9.47 Å². The van der Waals surface area contributed by atoms with Crippen LogP contribution in [0.4, 0.5) is 17.1 Å². The van der Waals surface area contributed by atoms with Crippen molar-refractivity contribution in [2.75, 3.05) is 4.90 Å². The van der Waals surface area contributed by atoms with Gasteiger partial charge >= 0.3 is 0 Å². The Hall–Kier alpha value is -7.42. The molecule has 0 saturated carbocycles. The largest absolute Gasteiger partial charge is 0.310 e. The van der Waals surface area contributed by atoms with E-state index in [2.05, 4.69) is 242 Å². The highest BCUT2D eigenvalue weighted by molar-refractivity contribution is 6.11. The van der Waals surface area contributed by atoms with Crippen LogP contribution in [0.15, 0.2) is 218 Å². The summed E-state index contributed by atoms with van der Waals surface area (Å²) in [6.45, 7) is 4.69. The predicted octanol–water partition coefficient (Wildman–Crippen LogP) is 15.6. The van der Waals surface area contributed by atoms with E-state index in [1.165, 1.54) is 77.4 Å². The molecular formula is C57H42N2. The topological polar surface area (TPSA) is 8.17 Å². The lowest BCUT2D eigenvalue weighted by atomic mass is 9.82. The Labute approximate surface area is 345 Å². The van der Waals surface area contributed by atoms with Crippen LogP contribution in [0.2, 0.25) is 0 Å². The number of aromatic nitrogens is 1. The Kier molecular flexibility index (Phi) is 8.20. The van der Waals surface area contributed by atoms with Crippen LogP contribution < -0.4 is 4.90 Å². The van der Waals surface area contributed by atoms with Gasteiger partial charge in [-0.2, -0.15) is 0 Å². The van der Waals surface area contributed by atoms with Gasteiger partial charge in [-0.1, -0.05) is 159 Å². The Bertz CT molecular complexity index is 3040. The lowest BCUT2D eigenvalue weighted by Gasteiger charge is -2.27. The summed E-state index contributed by atoms with van der Waals surface area (Å²) < 4.78 is 2.42. The normalized spacial score (nSPS) is 12.7. The average Bonchev–Trinajstić information content (AvgIpc) is 3.75. The molecule has 0 atom stereocenters. The molecule has 11 rings (SSSR count). The first-order valence-electron chi connectivity index (χ1n) is 20.5. The molecule has 280 valence electrons. The van der Waals surface area contributed by atoms with Gasteiger partial charge in [0.25, 0.3) is 0 Å². The van der Waals surface area contributed by atoms with Gasteiger partial charge in [-0.15, -0.1) is 0 Å². The monoisotopic (exact) mass is 754 g/mol. The van der Waals surface area contributed by atoms with Gasteiger partial charge in [0, 0.05) is 38.9 Å². The highest BCUT2D eigenvalue weighted by Crippen LogP contribution is 2.50. The molecule has 0 unspecified atom stereocenters. The second-order valence-corrected chi connectivity index (χ2v) is 16.2. The van der Waals surface area contributed by atoms with Gasteiger partial charge in [-0.3, -0.25) is 0 Å². The summed E-state index contributed by atoms with van der Waals surface area (Å²) in [5.74, 6) is 0. The minimum Gasteiger partial charge on any atom is -0.310 e.